The Morgan fingerprint density at radius 1 is 1.11 bits per heavy atom. The molecule has 0 fully saturated rings. The molecule has 0 amide bonds. The first-order valence-electron chi connectivity index (χ1n) is 8.98. The highest BCUT2D eigenvalue weighted by molar-refractivity contribution is 7.90. The summed E-state index contributed by atoms with van der Waals surface area (Å²) < 4.78 is 23.7. The van der Waals surface area contributed by atoms with Crippen molar-refractivity contribution in [3.05, 3.63) is 59.9 Å². The van der Waals surface area contributed by atoms with Gasteiger partial charge in [0.15, 0.2) is 9.84 Å². The first-order valence-corrected chi connectivity index (χ1v) is 10.9. The van der Waals surface area contributed by atoms with Gasteiger partial charge < -0.3 is 5.32 Å². The van der Waals surface area contributed by atoms with Crippen molar-refractivity contribution in [3.63, 3.8) is 0 Å². The van der Waals surface area contributed by atoms with Crippen molar-refractivity contribution in [1.82, 2.24) is 14.9 Å². The summed E-state index contributed by atoms with van der Waals surface area (Å²) in [4.78, 5) is 11.2. The molecule has 0 atom stereocenters. The lowest BCUT2D eigenvalue weighted by Crippen LogP contribution is -2.34. The van der Waals surface area contributed by atoms with E-state index in [9.17, 15) is 8.42 Å². The van der Waals surface area contributed by atoms with Crippen LogP contribution in [0.4, 0.5) is 5.82 Å². The number of aromatic nitrogens is 2. The Hall–Kier alpha value is -2.51. The fourth-order valence-electron chi connectivity index (χ4n) is 3.48. The summed E-state index contributed by atoms with van der Waals surface area (Å²) in [5, 5.41) is 4.08. The van der Waals surface area contributed by atoms with Gasteiger partial charge in [-0.3, -0.25) is 4.90 Å². The Balaban J connectivity index is 1.46. The number of hydrogen-bond donors (Lipinski definition) is 1. The van der Waals surface area contributed by atoms with E-state index < -0.39 is 9.84 Å². The highest BCUT2D eigenvalue weighted by Crippen LogP contribution is 2.23. The Bertz CT molecular complexity index is 1080. The number of rotatable bonds is 5. The van der Waals surface area contributed by atoms with Crippen LogP contribution in [0.25, 0.3) is 10.9 Å². The molecule has 2 heterocycles. The van der Waals surface area contributed by atoms with E-state index in [0.29, 0.717) is 5.82 Å². The van der Waals surface area contributed by atoms with Crippen molar-refractivity contribution < 1.29 is 8.42 Å². The van der Waals surface area contributed by atoms with Crippen molar-refractivity contribution in [2.75, 3.05) is 31.2 Å². The predicted molar refractivity (Wildman–Crippen MR) is 107 cm³/mol. The maximum absolute atomic E-state index is 11.8. The van der Waals surface area contributed by atoms with Gasteiger partial charge in [-0.15, -0.1) is 0 Å². The van der Waals surface area contributed by atoms with E-state index in [1.54, 1.807) is 18.2 Å². The summed E-state index contributed by atoms with van der Waals surface area (Å²) in [6.07, 6.45) is 3.78. The van der Waals surface area contributed by atoms with Crippen LogP contribution in [0, 0.1) is 0 Å². The van der Waals surface area contributed by atoms with Crippen LogP contribution in [0.2, 0.25) is 0 Å². The normalized spacial score (nSPS) is 14.9. The van der Waals surface area contributed by atoms with Crippen LogP contribution >= 0.6 is 0 Å². The number of fused-ring (bicyclic) bond motifs is 2. The van der Waals surface area contributed by atoms with Gasteiger partial charge >= 0.3 is 0 Å². The van der Waals surface area contributed by atoms with Gasteiger partial charge in [0, 0.05) is 37.8 Å². The second-order valence-corrected chi connectivity index (χ2v) is 8.91. The molecule has 0 radical (unpaired) electrons. The summed E-state index contributed by atoms with van der Waals surface area (Å²) >= 11 is 0. The molecule has 0 saturated carbocycles. The van der Waals surface area contributed by atoms with Crippen molar-refractivity contribution in [2.45, 2.75) is 17.9 Å². The summed E-state index contributed by atoms with van der Waals surface area (Å²) in [6.45, 7) is 3.63. The number of hydrogen-bond acceptors (Lipinski definition) is 6. The Kier molecular flexibility index (Phi) is 4.80. The molecule has 1 aliphatic heterocycles. The fourth-order valence-corrected chi connectivity index (χ4v) is 4.13. The van der Waals surface area contributed by atoms with Crippen molar-refractivity contribution in [1.29, 1.82) is 0 Å². The van der Waals surface area contributed by atoms with E-state index in [2.05, 4.69) is 44.5 Å². The number of nitrogens with zero attached hydrogens (tertiary/aromatic N) is 3. The van der Waals surface area contributed by atoms with Crippen LogP contribution in [-0.4, -0.2) is 49.2 Å². The van der Waals surface area contributed by atoms with E-state index in [0.717, 1.165) is 43.5 Å². The smallest absolute Gasteiger partial charge is 0.175 e. The third-order valence-electron chi connectivity index (χ3n) is 4.97. The van der Waals surface area contributed by atoms with Crippen LogP contribution in [0.5, 0.6) is 0 Å². The number of anilines is 1. The third kappa shape index (κ3) is 3.94. The van der Waals surface area contributed by atoms with E-state index in [1.807, 2.05) is 0 Å². The zero-order valence-electron chi connectivity index (χ0n) is 15.2. The minimum Gasteiger partial charge on any atom is -0.368 e. The molecule has 0 unspecified atom stereocenters. The molecule has 1 aliphatic rings. The van der Waals surface area contributed by atoms with Gasteiger partial charge in [-0.25, -0.2) is 18.4 Å². The topological polar surface area (TPSA) is 75.2 Å². The molecule has 1 N–H and O–H groups in total. The van der Waals surface area contributed by atoms with E-state index in [-0.39, 0.29) is 4.90 Å². The van der Waals surface area contributed by atoms with Crippen LogP contribution in [0.1, 0.15) is 11.1 Å². The Labute approximate surface area is 159 Å². The first kappa shape index (κ1) is 17.9. The number of benzene rings is 2. The quantitative estimate of drug-likeness (QED) is 0.731. The second-order valence-electron chi connectivity index (χ2n) is 6.90. The minimum atomic E-state index is -3.27. The van der Waals surface area contributed by atoms with Gasteiger partial charge in [-0.2, -0.15) is 0 Å². The molecule has 140 valence electrons. The van der Waals surface area contributed by atoms with Gasteiger partial charge in [0.1, 0.15) is 12.1 Å². The third-order valence-corrected chi connectivity index (χ3v) is 6.08. The zero-order valence-corrected chi connectivity index (χ0v) is 16.0. The van der Waals surface area contributed by atoms with Gasteiger partial charge in [-0.05, 0) is 35.7 Å². The van der Waals surface area contributed by atoms with Gasteiger partial charge in [-0.1, -0.05) is 24.3 Å². The molecule has 0 bridgehead atoms. The highest BCUT2D eigenvalue weighted by atomic mass is 32.2. The molecule has 0 spiro atoms. The van der Waals surface area contributed by atoms with E-state index >= 15 is 0 Å². The van der Waals surface area contributed by atoms with E-state index in [1.165, 1.54) is 23.7 Å². The van der Waals surface area contributed by atoms with Crippen LogP contribution < -0.4 is 5.32 Å². The van der Waals surface area contributed by atoms with Crippen molar-refractivity contribution in [2.24, 2.45) is 0 Å². The average Bonchev–Trinajstić information content (AvgIpc) is 2.67. The second kappa shape index (κ2) is 7.25. The van der Waals surface area contributed by atoms with Crippen LogP contribution in [-0.2, 0) is 22.8 Å². The lowest BCUT2D eigenvalue weighted by atomic mass is 10.00. The van der Waals surface area contributed by atoms with Crippen molar-refractivity contribution >= 4 is 26.6 Å². The highest BCUT2D eigenvalue weighted by Gasteiger charge is 2.15. The lowest BCUT2D eigenvalue weighted by Gasteiger charge is -2.28. The molecule has 3 aromatic rings. The SMILES string of the molecule is CS(=O)(=O)c1ccc2ncnc(NCCN3CCc4ccccc4C3)c2c1. The molecule has 1 aromatic heterocycles. The standard InChI is InChI=1S/C20H22N4O2S/c1-27(25,26)17-6-7-19-18(12-17)20(23-14-22-19)21-9-11-24-10-8-15-4-2-3-5-16(15)13-24/h2-7,12,14H,8-11,13H2,1H3,(H,21,22,23). The molecule has 7 heteroatoms. The summed E-state index contributed by atoms with van der Waals surface area (Å²) in [6, 6.07) is 13.5. The lowest BCUT2D eigenvalue weighted by molar-refractivity contribution is 0.264. The molecule has 0 saturated heterocycles. The monoisotopic (exact) mass is 382 g/mol. The predicted octanol–water partition coefficient (Wildman–Crippen LogP) is 2.50. The van der Waals surface area contributed by atoms with Gasteiger partial charge in [0.2, 0.25) is 0 Å². The van der Waals surface area contributed by atoms with E-state index in [4.69, 9.17) is 0 Å². The Morgan fingerprint density at radius 2 is 1.93 bits per heavy atom. The fraction of sp³-hybridized carbons (Fsp3) is 0.300. The van der Waals surface area contributed by atoms with Gasteiger partial charge in [0.25, 0.3) is 0 Å². The maximum atomic E-state index is 11.8. The summed E-state index contributed by atoms with van der Waals surface area (Å²) in [7, 11) is -3.27. The largest absolute Gasteiger partial charge is 0.368 e. The minimum absolute atomic E-state index is 0.278. The van der Waals surface area contributed by atoms with Crippen LogP contribution in [0.15, 0.2) is 53.7 Å². The molecule has 0 aliphatic carbocycles. The molecule has 2 aromatic carbocycles. The molecular weight excluding hydrogens is 360 g/mol. The maximum Gasteiger partial charge on any atom is 0.175 e. The molecule has 6 nitrogen and oxygen atoms in total. The molecule has 4 rings (SSSR count). The number of sulfone groups is 1. The average molecular weight is 382 g/mol. The first-order chi connectivity index (χ1) is 13.0. The summed E-state index contributed by atoms with van der Waals surface area (Å²) in [5.74, 6) is 0.669. The molecule has 27 heavy (non-hydrogen) atoms. The molecular formula is C20H22N4O2S. The van der Waals surface area contributed by atoms with Gasteiger partial charge in [0.05, 0.1) is 10.4 Å². The van der Waals surface area contributed by atoms with Crippen molar-refractivity contribution in [3.8, 4) is 0 Å². The number of nitrogens with one attached hydrogen (secondary N) is 1. The zero-order chi connectivity index (χ0) is 18.9. The Morgan fingerprint density at radius 3 is 2.74 bits per heavy atom. The van der Waals surface area contributed by atoms with Crippen LogP contribution in [0.3, 0.4) is 0 Å². The summed E-state index contributed by atoms with van der Waals surface area (Å²) in [5.41, 5.74) is 3.57.